The fourth-order valence-corrected chi connectivity index (χ4v) is 6.46. The minimum atomic E-state index is -0.431. The largest absolute Gasteiger partial charge is 0.426 e. The monoisotopic (exact) mass is 589 g/mol. The van der Waals surface area contributed by atoms with Gasteiger partial charge in [0.05, 0.1) is 11.4 Å². The Labute approximate surface area is 252 Å². The number of carbonyl (C=O) groups excluding carboxylic acids is 3. The van der Waals surface area contributed by atoms with Crippen LogP contribution in [-0.4, -0.2) is 40.1 Å². The Morgan fingerprint density at radius 2 is 1.58 bits per heavy atom. The van der Waals surface area contributed by atoms with Crippen LogP contribution in [0.3, 0.4) is 0 Å². The van der Waals surface area contributed by atoms with Crippen molar-refractivity contribution >= 4 is 67.5 Å². The molecule has 8 heteroatoms. The molecule has 2 N–H and O–H groups in total. The normalized spacial score (nSPS) is 14.5. The first-order valence-corrected chi connectivity index (χ1v) is 14.7. The molecule has 1 unspecified atom stereocenters. The first-order chi connectivity index (χ1) is 20.8. The van der Waals surface area contributed by atoms with Crippen molar-refractivity contribution in [3.63, 3.8) is 0 Å². The van der Waals surface area contributed by atoms with Crippen molar-refractivity contribution in [1.82, 2.24) is 9.97 Å². The van der Waals surface area contributed by atoms with Gasteiger partial charge in [0.25, 0.3) is 5.91 Å². The van der Waals surface area contributed by atoms with Crippen molar-refractivity contribution in [3.05, 3.63) is 107 Å². The number of alkyl halides is 1. The summed E-state index contributed by atoms with van der Waals surface area (Å²) in [5.41, 5.74) is 6.39. The zero-order valence-electron chi connectivity index (χ0n) is 23.7. The topological polar surface area (TPSA) is 95.3 Å². The molecule has 0 saturated carbocycles. The van der Waals surface area contributed by atoms with Gasteiger partial charge >= 0.3 is 5.97 Å². The van der Waals surface area contributed by atoms with E-state index in [1.807, 2.05) is 73.7 Å². The molecule has 1 aliphatic rings. The Morgan fingerprint density at radius 3 is 2.35 bits per heavy atom. The van der Waals surface area contributed by atoms with Crippen molar-refractivity contribution in [1.29, 1.82) is 0 Å². The second kappa shape index (κ2) is 10.4. The van der Waals surface area contributed by atoms with Crippen LogP contribution in [0.2, 0.25) is 0 Å². The summed E-state index contributed by atoms with van der Waals surface area (Å²) < 4.78 is 5.56. The number of ketones is 1. The zero-order valence-corrected chi connectivity index (χ0v) is 24.4. The third-order valence-corrected chi connectivity index (χ3v) is 8.54. The molecule has 0 radical (unpaired) electrons. The molecule has 4 aromatic carbocycles. The van der Waals surface area contributed by atoms with E-state index in [4.69, 9.17) is 16.3 Å². The summed E-state index contributed by atoms with van der Waals surface area (Å²) in [4.78, 5) is 47.1. The zero-order chi connectivity index (χ0) is 29.8. The van der Waals surface area contributed by atoms with E-state index >= 15 is 0 Å². The van der Waals surface area contributed by atoms with Crippen LogP contribution < -0.4 is 9.64 Å². The van der Waals surface area contributed by atoms with E-state index in [9.17, 15) is 14.4 Å². The number of hydrogen-bond acceptors (Lipinski definition) is 4. The number of benzene rings is 4. The SMILES string of the molecule is CC(=O)Oc1cc2c(c3ccccc13)C(CCl)CN2C(=O)c1cc2cc(CC(=O)c3cc4cc(C)ccc4[nH]3)ccc2[nH]1. The van der Waals surface area contributed by atoms with Gasteiger partial charge in [0.2, 0.25) is 0 Å². The highest BCUT2D eigenvalue weighted by atomic mass is 35.5. The summed E-state index contributed by atoms with van der Waals surface area (Å²) in [6.45, 7) is 3.80. The predicted molar refractivity (Wildman–Crippen MR) is 170 cm³/mol. The van der Waals surface area contributed by atoms with Gasteiger partial charge in [0.15, 0.2) is 5.78 Å². The average Bonchev–Trinajstić information content (AvgIpc) is 3.71. The van der Waals surface area contributed by atoms with Gasteiger partial charge in [-0.25, -0.2) is 0 Å². The number of carbonyl (C=O) groups is 3. The molecule has 7 rings (SSSR count). The maximum Gasteiger partial charge on any atom is 0.308 e. The van der Waals surface area contributed by atoms with Crippen LogP contribution in [0.5, 0.6) is 5.75 Å². The van der Waals surface area contributed by atoms with Gasteiger partial charge < -0.3 is 19.6 Å². The first kappa shape index (κ1) is 27.0. The third kappa shape index (κ3) is 4.76. The number of aromatic nitrogens is 2. The number of amides is 1. The molecule has 0 fully saturated rings. The van der Waals surface area contributed by atoms with Crippen LogP contribution in [0.25, 0.3) is 32.6 Å². The van der Waals surface area contributed by atoms with E-state index in [0.29, 0.717) is 35.2 Å². The van der Waals surface area contributed by atoms with E-state index in [1.54, 1.807) is 11.0 Å². The Balaban J connectivity index is 1.19. The molecule has 3 heterocycles. The van der Waals surface area contributed by atoms with Gasteiger partial charge in [0.1, 0.15) is 11.4 Å². The number of esters is 1. The molecule has 2 aromatic heterocycles. The minimum Gasteiger partial charge on any atom is -0.426 e. The summed E-state index contributed by atoms with van der Waals surface area (Å²) in [6, 6.07) is 25.0. The highest BCUT2D eigenvalue weighted by Gasteiger charge is 2.35. The summed E-state index contributed by atoms with van der Waals surface area (Å²) >= 11 is 6.41. The second-order valence-electron chi connectivity index (χ2n) is 11.2. The summed E-state index contributed by atoms with van der Waals surface area (Å²) in [5, 5.41) is 3.57. The van der Waals surface area contributed by atoms with Crippen LogP contribution in [0.4, 0.5) is 5.69 Å². The molecular formula is C35H28ClN3O4. The fourth-order valence-electron chi connectivity index (χ4n) is 6.21. The number of nitrogens with one attached hydrogen (secondary N) is 2. The third-order valence-electron chi connectivity index (χ3n) is 8.17. The standard InChI is InChI=1S/C35H28ClN3O4/c1-19-7-9-27-22(11-19)14-29(37-27)32(41)13-21-8-10-28-23(12-21)15-30(38-28)35(42)39-18-24(17-36)34-26-6-4-3-5-25(26)33(16-31(34)39)43-20(2)40/h3-12,14-16,24,37-38H,13,17-18H2,1-2H3. The molecule has 1 atom stereocenters. The van der Waals surface area contributed by atoms with E-state index in [1.165, 1.54) is 6.92 Å². The van der Waals surface area contributed by atoms with Crippen LogP contribution in [0.15, 0.2) is 78.9 Å². The highest BCUT2D eigenvalue weighted by Crippen LogP contribution is 2.46. The van der Waals surface area contributed by atoms with Gasteiger partial charge in [-0.3, -0.25) is 14.4 Å². The number of halogens is 1. The predicted octanol–water partition coefficient (Wildman–Crippen LogP) is 7.44. The molecule has 43 heavy (non-hydrogen) atoms. The Morgan fingerprint density at radius 1 is 0.884 bits per heavy atom. The lowest BCUT2D eigenvalue weighted by Gasteiger charge is -2.18. The van der Waals surface area contributed by atoms with Gasteiger partial charge in [-0.1, -0.05) is 42.0 Å². The average molecular weight is 590 g/mol. The second-order valence-corrected chi connectivity index (χ2v) is 11.5. The number of anilines is 1. The quantitative estimate of drug-likeness (QED) is 0.0913. The maximum atomic E-state index is 14.0. The van der Waals surface area contributed by atoms with Gasteiger partial charge in [-0.05, 0) is 59.8 Å². The first-order valence-electron chi connectivity index (χ1n) is 14.1. The number of rotatable bonds is 6. The summed E-state index contributed by atoms with van der Waals surface area (Å²) in [5.74, 6) is 0.0304. The van der Waals surface area contributed by atoms with Gasteiger partial charge in [0, 0.05) is 64.9 Å². The van der Waals surface area contributed by atoms with E-state index in [0.717, 1.165) is 49.3 Å². The van der Waals surface area contributed by atoms with Crippen LogP contribution in [-0.2, 0) is 11.2 Å². The van der Waals surface area contributed by atoms with Gasteiger partial charge in [-0.2, -0.15) is 0 Å². The van der Waals surface area contributed by atoms with Crippen LogP contribution >= 0.6 is 11.6 Å². The molecule has 7 nitrogen and oxygen atoms in total. The van der Waals surface area contributed by atoms with E-state index in [-0.39, 0.29) is 24.0 Å². The number of Topliss-reactive ketones (excluding diaryl/α,β-unsaturated/α-hetero) is 1. The van der Waals surface area contributed by atoms with Crippen LogP contribution in [0, 0.1) is 6.92 Å². The fraction of sp³-hybridized carbons (Fsp3) is 0.171. The highest BCUT2D eigenvalue weighted by molar-refractivity contribution is 6.19. The molecular weight excluding hydrogens is 562 g/mol. The Hall–Kier alpha value is -4.88. The van der Waals surface area contributed by atoms with Crippen molar-refractivity contribution in [3.8, 4) is 5.75 Å². The summed E-state index contributed by atoms with van der Waals surface area (Å²) in [6.07, 6.45) is 0.235. The number of aryl methyl sites for hydroxylation is 1. The number of aromatic amines is 2. The number of hydrogen-bond donors (Lipinski definition) is 2. The lowest BCUT2D eigenvalue weighted by molar-refractivity contribution is -0.131. The summed E-state index contributed by atoms with van der Waals surface area (Å²) in [7, 11) is 0. The van der Waals surface area contributed by atoms with Crippen molar-refractivity contribution < 1.29 is 19.1 Å². The number of nitrogens with zero attached hydrogens (tertiary/aromatic N) is 1. The molecule has 0 saturated heterocycles. The molecule has 1 amide bonds. The number of fused-ring (bicyclic) bond motifs is 5. The molecule has 0 spiro atoms. The van der Waals surface area contributed by atoms with Crippen molar-refractivity contribution in [2.24, 2.45) is 0 Å². The van der Waals surface area contributed by atoms with E-state index < -0.39 is 5.97 Å². The molecule has 0 bridgehead atoms. The Bertz CT molecular complexity index is 2110. The number of ether oxygens (including phenoxy) is 1. The smallest absolute Gasteiger partial charge is 0.308 e. The molecule has 1 aliphatic heterocycles. The van der Waals surface area contributed by atoms with Crippen molar-refractivity contribution in [2.75, 3.05) is 17.3 Å². The molecule has 214 valence electrons. The lowest BCUT2D eigenvalue weighted by atomic mass is 9.95. The van der Waals surface area contributed by atoms with Crippen LogP contribution in [0.1, 0.15) is 50.5 Å². The number of H-pyrrole nitrogens is 2. The minimum absolute atomic E-state index is 0.00311. The molecule has 6 aromatic rings. The van der Waals surface area contributed by atoms with Gasteiger partial charge in [-0.15, -0.1) is 11.6 Å². The lowest BCUT2D eigenvalue weighted by Crippen LogP contribution is -2.30. The van der Waals surface area contributed by atoms with Crippen molar-refractivity contribution in [2.45, 2.75) is 26.2 Å². The van der Waals surface area contributed by atoms with E-state index in [2.05, 4.69) is 16.0 Å². The Kier molecular flexibility index (Phi) is 6.55. The maximum absolute atomic E-state index is 14.0. The molecule has 0 aliphatic carbocycles.